The molecular formula is C16H11ClFNO2. The summed E-state index contributed by atoms with van der Waals surface area (Å²) in [5, 5.41) is 14.3. The van der Waals surface area contributed by atoms with E-state index < -0.39 is 0 Å². The van der Waals surface area contributed by atoms with Gasteiger partial charge in [0.15, 0.2) is 5.76 Å². The molecule has 0 radical (unpaired) electrons. The van der Waals surface area contributed by atoms with Crippen molar-refractivity contribution in [3.8, 4) is 22.6 Å². The van der Waals surface area contributed by atoms with E-state index in [1.807, 2.05) is 0 Å². The van der Waals surface area contributed by atoms with Gasteiger partial charge in [-0.25, -0.2) is 4.39 Å². The number of hydrogen-bond donors (Lipinski definition) is 1. The molecule has 0 aliphatic carbocycles. The van der Waals surface area contributed by atoms with Crippen molar-refractivity contribution in [3.05, 3.63) is 64.9 Å². The minimum absolute atomic E-state index is 0.228. The van der Waals surface area contributed by atoms with E-state index in [0.717, 1.165) is 5.56 Å². The van der Waals surface area contributed by atoms with Crippen LogP contribution in [0.3, 0.4) is 0 Å². The minimum atomic E-state index is -0.332. The van der Waals surface area contributed by atoms with Crippen molar-refractivity contribution in [2.24, 2.45) is 0 Å². The maximum atomic E-state index is 13.0. The Bertz CT molecular complexity index is 688. The van der Waals surface area contributed by atoms with Gasteiger partial charge in [0.1, 0.15) is 11.5 Å². The molecule has 3 rings (SSSR count). The SMILES string of the molecule is OCc1c(-c2ccc(Cl)cc2)noc1-c1ccc(F)cc1. The third-order valence-corrected chi connectivity index (χ3v) is 3.42. The Hall–Kier alpha value is -2.17. The zero-order chi connectivity index (χ0) is 14.8. The quantitative estimate of drug-likeness (QED) is 0.785. The number of benzene rings is 2. The van der Waals surface area contributed by atoms with Crippen molar-refractivity contribution in [2.75, 3.05) is 0 Å². The van der Waals surface area contributed by atoms with Crippen LogP contribution in [0.25, 0.3) is 22.6 Å². The lowest BCUT2D eigenvalue weighted by Gasteiger charge is -2.01. The molecule has 5 heteroatoms. The summed E-state index contributed by atoms with van der Waals surface area (Å²) in [6.07, 6.45) is 0. The molecule has 2 aromatic carbocycles. The van der Waals surface area contributed by atoms with Crippen molar-refractivity contribution in [1.82, 2.24) is 5.16 Å². The predicted octanol–water partition coefficient (Wildman–Crippen LogP) is 4.29. The summed E-state index contributed by atoms with van der Waals surface area (Å²) in [6.45, 7) is -0.228. The molecule has 0 fully saturated rings. The van der Waals surface area contributed by atoms with Crippen LogP contribution in [0, 0.1) is 5.82 Å². The molecular weight excluding hydrogens is 293 g/mol. The average molecular weight is 304 g/mol. The van der Waals surface area contributed by atoms with Crippen LogP contribution >= 0.6 is 11.6 Å². The van der Waals surface area contributed by atoms with Gasteiger partial charge in [-0.15, -0.1) is 0 Å². The number of rotatable bonds is 3. The smallest absolute Gasteiger partial charge is 0.173 e. The summed E-state index contributed by atoms with van der Waals surface area (Å²) < 4.78 is 18.3. The second kappa shape index (κ2) is 5.68. The zero-order valence-electron chi connectivity index (χ0n) is 10.9. The molecule has 106 valence electrons. The molecule has 0 amide bonds. The van der Waals surface area contributed by atoms with Gasteiger partial charge in [0.2, 0.25) is 0 Å². The molecule has 0 aliphatic heterocycles. The fourth-order valence-electron chi connectivity index (χ4n) is 2.12. The first-order valence-electron chi connectivity index (χ1n) is 6.30. The molecule has 0 spiro atoms. The molecule has 0 bridgehead atoms. The van der Waals surface area contributed by atoms with Crippen molar-refractivity contribution < 1.29 is 14.0 Å². The predicted molar refractivity (Wildman–Crippen MR) is 78.3 cm³/mol. The van der Waals surface area contributed by atoms with Crippen LogP contribution < -0.4 is 0 Å². The van der Waals surface area contributed by atoms with Gasteiger partial charge >= 0.3 is 0 Å². The lowest BCUT2D eigenvalue weighted by Crippen LogP contribution is -1.89. The molecule has 1 heterocycles. The standard InChI is InChI=1S/C16H11ClFNO2/c17-12-5-1-10(2-6-12)15-14(9-20)16(21-19-15)11-3-7-13(18)8-4-11/h1-8,20H,9H2. The number of nitrogens with zero attached hydrogens (tertiary/aromatic N) is 1. The molecule has 1 N–H and O–H groups in total. The maximum absolute atomic E-state index is 13.0. The van der Waals surface area contributed by atoms with Crippen LogP contribution in [-0.4, -0.2) is 10.3 Å². The highest BCUT2D eigenvalue weighted by molar-refractivity contribution is 6.30. The van der Waals surface area contributed by atoms with E-state index in [0.29, 0.717) is 27.6 Å². The molecule has 0 atom stereocenters. The third kappa shape index (κ3) is 2.68. The normalized spacial score (nSPS) is 10.8. The van der Waals surface area contributed by atoms with Crippen LogP contribution in [0.15, 0.2) is 53.1 Å². The van der Waals surface area contributed by atoms with Gasteiger partial charge in [-0.05, 0) is 36.4 Å². The Morgan fingerprint density at radius 3 is 2.24 bits per heavy atom. The van der Waals surface area contributed by atoms with E-state index in [-0.39, 0.29) is 12.4 Å². The summed E-state index contributed by atoms with van der Waals surface area (Å²) in [5.41, 5.74) is 2.56. The summed E-state index contributed by atoms with van der Waals surface area (Å²) in [4.78, 5) is 0. The third-order valence-electron chi connectivity index (χ3n) is 3.17. The molecule has 0 saturated heterocycles. The fraction of sp³-hybridized carbons (Fsp3) is 0.0625. The Balaban J connectivity index is 2.08. The Kier molecular flexibility index (Phi) is 3.73. The number of aromatic nitrogens is 1. The van der Waals surface area contributed by atoms with Gasteiger partial charge in [-0.3, -0.25) is 0 Å². The van der Waals surface area contributed by atoms with Crippen LogP contribution in [-0.2, 0) is 6.61 Å². The van der Waals surface area contributed by atoms with E-state index in [1.54, 1.807) is 36.4 Å². The number of aliphatic hydroxyl groups is 1. The lowest BCUT2D eigenvalue weighted by atomic mass is 10.0. The number of hydrogen-bond acceptors (Lipinski definition) is 3. The Morgan fingerprint density at radius 1 is 1.00 bits per heavy atom. The fourth-order valence-corrected chi connectivity index (χ4v) is 2.24. The maximum Gasteiger partial charge on any atom is 0.173 e. The van der Waals surface area contributed by atoms with Gasteiger partial charge in [0, 0.05) is 16.1 Å². The molecule has 0 aliphatic rings. The summed E-state index contributed by atoms with van der Waals surface area (Å²) in [6, 6.07) is 12.9. The lowest BCUT2D eigenvalue weighted by molar-refractivity contribution is 0.281. The van der Waals surface area contributed by atoms with Crippen molar-refractivity contribution in [1.29, 1.82) is 0 Å². The molecule has 3 nitrogen and oxygen atoms in total. The minimum Gasteiger partial charge on any atom is -0.391 e. The van der Waals surface area contributed by atoms with Gasteiger partial charge in [0.25, 0.3) is 0 Å². The first-order chi connectivity index (χ1) is 10.2. The van der Waals surface area contributed by atoms with E-state index in [1.165, 1.54) is 12.1 Å². The highest BCUT2D eigenvalue weighted by atomic mass is 35.5. The van der Waals surface area contributed by atoms with Crippen LogP contribution in [0.4, 0.5) is 4.39 Å². The average Bonchev–Trinajstić information content (AvgIpc) is 2.92. The first-order valence-corrected chi connectivity index (χ1v) is 6.68. The number of halogens is 2. The monoisotopic (exact) mass is 303 g/mol. The Morgan fingerprint density at radius 2 is 1.62 bits per heavy atom. The van der Waals surface area contributed by atoms with Gasteiger partial charge in [-0.2, -0.15) is 0 Å². The van der Waals surface area contributed by atoms with Crippen molar-refractivity contribution in [3.63, 3.8) is 0 Å². The van der Waals surface area contributed by atoms with E-state index in [4.69, 9.17) is 16.1 Å². The zero-order valence-corrected chi connectivity index (χ0v) is 11.6. The second-order valence-electron chi connectivity index (χ2n) is 4.51. The largest absolute Gasteiger partial charge is 0.391 e. The summed E-state index contributed by atoms with van der Waals surface area (Å²) >= 11 is 5.86. The molecule has 0 saturated carbocycles. The highest BCUT2D eigenvalue weighted by Gasteiger charge is 2.18. The summed E-state index contributed by atoms with van der Waals surface area (Å²) in [7, 11) is 0. The van der Waals surface area contributed by atoms with Gasteiger partial charge < -0.3 is 9.63 Å². The Labute approximate surface area is 125 Å². The van der Waals surface area contributed by atoms with E-state index >= 15 is 0 Å². The highest BCUT2D eigenvalue weighted by Crippen LogP contribution is 2.32. The van der Waals surface area contributed by atoms with E-state index in [9.17, 15) is 9.50 Å². The molecule has 21 heavy (non-hydrogen) atoms. The van der Waals surface area contributed by atoms with Crippen molar-refractivity contribution in [2.45, 2.75) is 6.61 Å². The van der Waals surface area contributed by atoms with Crippen LogP contribution in [0.1, 0.15) is 5.56 Å². The van der Waals surface area contributed by atoms with Crippen molar-refractivity contribution >= 4 is 11.6 Å². The molecule has 1 aromatic heterocycles. The van der Waals surface area contributed by atoms with Gasteiger partial charge in [0.05, 0.1) is 12.2 Å². The van der Waals surface area contributed by atoms with Gasteiger partial charge in [-0.1, -0.05) is 28.9 Å². The topological polar surface area (TPSA) is 46.3 Å². The molecule has 0 unspecified atom stereocenters. The van der Waals surface area contributed by atoms with Crippen LogP contribution in [0.5, 0.6) is 0 Å². The second-order valence-corrected chi connectivity index (χ2v) is 4.95. The summed E-state index contributed by atoms with van der Waals surface area (Å²) in [5.74, 6) is 0.101. The van der Waals surface area contributed by atoms with E-state index in [2.05, 4.69) is 5.16 Å². The number of aliphatic hydroxyl groups excluding tert-OH is 1. The first kappa shape index (κ1) is 13.8. The molecule has 3 aromatic rings. The van der Waals surface area contributed by atoms with Crippen LogP contribution in [0.2, 0.25) is 5.02 Å².